The van der Waals surface area contributed by atoms with Crippen LogP contribution in [-0.4, -0.2) is 11.8 Å². The van der Waals surface area contributed by atoms with Gasteiger partial charge in [0.15, 0.2) is 0 Å². The lowest BCUT2D eigenvalue weighted by Gasteiger charge is -2.21. The molecule has 1 N–H and O–H groups in total. The van der Waals surface area contributed by atoms with Crippen LogP contribution in [0, 0.1) is 10.8 Å². The first kappa shape index (κ1) is 8.73. The summed E-state index contributed by atoms with van der Waals surface area (Å²) >= 11 is 0. The highest BCUT2D eigenvalue weighted by Crippen LogP contribution is 2.52. The van der Waals surface area contributed by atoms with E-state index in [-0.39, 0.29) is 22.6 Å². The number of carbonyl (C=O) groups is 2. The van der Waals surface area contributed by atoms with Crippen molar-refractivity contribution >= 4 is 11.8 Å². The fourth-order valence-electron chi connectivity index (χ4n) is 2.71. The highest BCUT2D eigenvalue weighted by molar-refractivity contribution is 6.06. The summed E-state index contributed by atoms with van der Waals surface area (Å²) in [5, 5.41) is 2.41. The van der Waals surface area contributed by atoms with Gasteiger partial charge in [-0.05, 0) is 24.7 Å². The van der Waals surface area contributed by atoms with Gasteiger partial charge in [-0.2, -0.15) is 0 Å². The van der Waals surface area contributed by atoms with Crippen molar-refractivity contribution in [2.75, 3.05) is 0 Å². The van der Waals surface area contributed by atoms with Gasteiger partial charge in [0.2, 0.25) is 11.8 Å². The second kappa shape index (κ2) is 2.34. The molecule has 1 saturated heterocycles. The van der Waals surface area contributed by atoms with Crippen molar-refractivity contribution in [1.82, 2.24) is 5.32 Å². The molecule has 13 heavy (non-hydrogen) atoms. The maximum atomic E-state index is 11.6. The summed E-state index contributed by atoms with van der Waals surface area (Å²) in [7, 11) is 0. The SMILES string of the molecule is CC1(C)CCC2(CC(=O)NC2=O)C1. The molecule has 2 rings (SSSR count). The Bertz CT molecular complexity index is 283. The van der Waals surface area contributed by atoms with E-state index in [9.17, 15) is 9.59 Å². The lowest BCUT2D eigenvalue weighted by atomic mass is 9.80. The maximum Gasteiger partial charge on any atom is 0.233 e. The Labute approximate surface area is 77.9 Å². The second-order valence-corrected chi connectivity index (χ2v) is 5.18. The summed E-state index contributed by atoms with van der Waals surface area (Å²) < 4.78 is 0. The van der Waals surface area contributed by atoms with Gasteiger partial charge in [-0.1, -0.05) is 13.8 Å². The fraction of sp³-hybridized carbons (Fsp3) is 0.800. The van der Waals surface area contributed by atoms with Gasteiger partial charge in [-0.25, -0.2) is 0 Å². The Morgan fingerprint density at radius 3 is 2.31 bits per heavy atom. The number of nitrogens with one attached hydrogen (secondary N) is 1. The Hall–Kier alpha value is -0.860. The molecule has 2 amide bonds. The lowest BCUT2D eigenvalue weighted by molar-refractivity contribution is -0.128. The third kappa shape index (κ3) is 1.26. The first-order valence-corrected chi connectivity index (χ1v) is 4.78. The second-order valence-electron chi connectivity index (χ2n) is 5.18. The molecule has 0 aromatic rings. The van der Waals surface area contributed by atoms with Crippen molar-refractivity contribution < 1.29 is 9.59 Å². The molecule has 3 heteroatoms. The molecule has 1 spiro atoms. The molecule has 1 heterocycles. The normalized spacial score (nSPS) is 37.1. The molecule has 1 unspecified atom stereocenters. The number of hydrogen-bond acceptors (Lipinski definition) is 2. The van der Waals surface area contributed by atoms with Crippen LogP contribution in [0.1, 0.15) is 39.5 Å². The van der Waals surface area contributed by atoms with Crippen LogP contribution >= 0.6 is 0 Å². The van der Waals surface area contributed by atoms with E-state index in [4.69, 9.17) is 0 Å². The lowest BCUT2D eigenvalue weighted by Crippen LogP contribution is -2.30. The van der Waals surface area contributed by atoms with E-state index in [0.717, 1.165) is 19.3 Å². The van der Waals surface area contributed by atoms with Crippen molar-refractivity contribution in [2.45, 2.75) is 39.5 Å². The first-order chi connectivity index (χ1) is 5.94. The van der Waals surface area contributed by atoms with Crippen molar-refractivity contribution in [3.8, 4) is 0 Å². The van der Waals surface area contributed by atoms with E-state index in [0.29, 0.717) is 6.42 Å². The van der Waals surface area contributed by atoms with E-state index in [2.05, 4.69) is 19.2 Å². The molecule has 1 saturated carbocycles. The molecule has 1 aliphatic carbocycles. The van der Waals surface area contributed by atoms with Crippen molar-refractivity contribution in [3.05, 3.63) is 0 Å². The van der Waals surface area contributed by atoms with Crippen LogP contribution in [0.4, 0.5) is 0 Å². The van der Waals surface area contributed by atoms with Crippen LogP contribution in [-0.2, 0) is 9.59 Å². The number of carbonyl (C=O) groups excluding carboxylic acids is 2. The molecule has 0 radical (unpaired) electrons. The molecule has 0 aromatic heterocycles. The summed E-state index contributed by atoms with van der Waals surface area (Å²) in [6, 6.07) is 0. The van der Waals surface area contributed by atoms with Crippen LogP contribution in [0.2, 0.25) is 0 Å². The first-order valence-electron chi connectivity index (χ1n) is 4.78. The number of imide groups is 1. The van der Waals surface area contributed by atoms with E-state index < -0.39 is 0 Å². The van der Waals surface area contributed by atoms with E-state index >= 15 is 0 Å². The van der Waals surface area contributed by atoms with Crippen molar-refractivity contribution in [3.63, 3.8) is 0 Å². The Kier molecular flexibility index (Phi) is 1.57. The standard InChI is InChI=1S/C10H15NO2/c1-9(2)3-4-10(6-9)5-7(12)11-8(10)13/h3-6H2,1-2H3,(H,11,12,13). The third-order valence-electron chi connectivity index (χ3n) is 3.33. The van der Waals surface area contributed by atoms with Gasteiger partial charge in [0.25, 0.3) is 0 Å². The van der Waals surface area contributed by atoms with Crippen LogP contribution in [0.3, 0.4) is 0 Å². The van der Waals surface area contributed by atoms with E-state index in [1.165, 1.54) is 0 Å². The smallest absolute Gasteiger partial charge is 0.233 e. The van der Waals surface area contributed by atoms with Gasteiger partial charge >= 0.3 is 0 Å². The average molecular weight is 181 g/mol. The summed E-state index contributed by atoms with van der Waals surface area (Å²) in [6.45, 7) is 4.33. The van der Waals surface area contributed by atoms with Crippen LogP contribution in [0.15, 0.2) is 0 Å². The number of amides is 2. The third-order valence-corrected chi connectivity index (χ3v) is 3.33. The molecule has 2 aliphatic rings. The zero-order valence-corrected chi connectivity index (χ0v) is 8.14. The number of hydrogen-bond donors (Lipinski definition) is 1. The molecule has 1 atom stereocenters. The van der Waals surface area contributed by atoms with Gasteiger partial charge in [0.05, 0.1) is 5.41 Å². The summed E-state index contributed by atoms with van der Waals surface area (Å²) in [6.07, 6.45) is 3.19. The zero-order valence-electron chi connectivity index (χ0n) is 8.14. The Morgan fingerprint density at radius 1 is 1.23 bits per heavy atom. The van der Waals surface area contributed by atoms with Crippen molar-refractivity contribution in [2.24, 2.45) is 10.8 Å². The summed E-state index contributed by atoms with van der Waals surface area (Å²) in [5.74, 6) is -0.134. The topological polar surface area (TPSA) is 46.2 Å². The van der Waals surface area contributed by atoms with E-state index in [1.54, 1.807) is 0 Å². The van der Waals surface area contributed by atoms with Crippen LogP contribution in [0.25, 0.3) is 0 Å². The minimum Gasteiger partial charge on any atom is -0.296 e. The maximum absolute atomic E-state index is 11.6. The molecule has 0 bridgehead atoms. The zero-order chi connectivity index (χ0) is 9.69. The Morgan fingerprint density at radius 2 is 1.92 bits per heavy atom. The van der Waals surface area contributed by atoms with Gasteiger partial charge in [0, 0.05) is 6.42 Å². The minimum atomic E-state index is -0.347. The van der Waals surface area contributed by atoms with Gasteiger partial charge in [0.1, 0.15) is 0 Å². The minimum absolute atomic E-state index is 0.0388. The molecule has 3 nitrogen and oxygen atoms in total. The molecular formula is C10H15NO2. The quantitative estimate of drug-likeness (QED) is 0.571. The van der Waals surface area contributed by atoms with E-state index in [1.807, 2.05) is 0 Å². The fourth-order valence-corrected chi connectivity index (χ4v) is 2.71. The number of rotatable bonds is 0. The van der Waals surface area contributed by atoms with Gasteiger partial charge in [-0.3, -0.25) is 14.9 Å². The average Bonchev–Trinajstić information content (AvgIpc) is 2.38. The van der Waals surface area contributed by atoms with Gasteiger partial charge in [-0.15, -0.1) is 0 Å². The molecule has 1 aliphatic heterocycles. The molecule has 72 valence electrons. The van der Waals surface area contributed by atoms with Crippen LogP contribution < -0.4 is 5.32 Å². The highest BCUT2D eigenvalue weighted by atomic mass is 16.2. The highest BCUT2D eigenvalue weighted by Gasteiger charge is 2.53. The molecular weight excluding hydrogens is 166 g/mol. The summed E-state index contributed by atoms with van der Waals surface area (Å²) in [4.78, 5) is 22.7. The van der Waals surface area contributed by atoms with Crippen molar-refractivity contribution in [1.29, 1.82) is 0 Å². The monoisotopic (exact) mass is 181 g/mol. The predicted octanol–water partition coefficient (Wildman–Crippen LogP) is 1.23. The molecule has 2 fully saturated rings. The van der Waals surface area contributed by atoms with Gasteiger partial charge < -0.3 is 0 Å². The predicted molar refractivity (Wildman–Crippen MR) is 47.8 cm³/mol. The Balaban J connectivity index is 2.24. The molecule has 0 aromatic carbocycles. The largest absolute Gasteiger partial charge is 0.296 e. The summed E-state index contributed by atoms with van der Waals surface area (Å²) in [5.41, 5.74) is -0.122. The van der Waals surface area contributed by atoms with Crippen LogP contribution in [0.5, 0.6) is 0 Å².